The van der Waals surface area contributed by atoms with Crippen molar-refractivity contribution in [1.82, 2.24) is 10.6 Å². The van der Waals surface area contributed by atoms with Crippen LogP contribution in [0.25, 0.3) is 0 Å². The van der Waals surface area contributed by atoms with E-state index in [9.17, 15) is 4.79 Å². The molecule has 2 unspecified atom stereocenters. The molecule has 0 spiro atoms. The molecule has 1 rings (SSSR count). The smallest absolute Gasteiger partial charge is 0.407 e. The second-order valence-electron chi connectivity index (χ2n) is 7.74. The zero-order valence-electron chi connectivity index (χ0n) is 14.7. The van der Waals surface area contributed by atoms with Crippen LogP contribution >= 0.6 is 0 Å². The second kappa shape index (κ2) is 8.02. The molecule has 1 aliphatic rings. The van der Waals surface area contributed by atoms with E-state index >= 15 is 0 Å². The van der Waals surface area contributed by atoms with Gasteiger partial charge in [0.25, 0.3) is 0 Å². The molecule has 0 bridgehead atoms. The van der Waals surface area contributed by atoms with Gasteiger partial charge in [0.15, 0.2) is 0 Å². The van der Waals surface area contributed by atoms with Crippen LogP contribution in [0.5, 0.6) is 0 Å². The Hall–Kier alpha value is -0.770. The molecule has 0 aliphatic heterocycles. The standard InChI is InChI=1S/C17H34N2O2/c1-12(2)15(19-16(20)21-17(4,5)6)11-18-13(3)14-9-7-8-10-14/h12-15,18H,7-11H2,1-6H3,(H,19,20). The number of hydrogen-bond acceptors (Lipinski definition) is 3. The monoisotopic (exact) mass is 298 g/mol. The van der Waals surface area contributed by atoms with E-state index in [0.29, 0.717) is 12.0 Å². The van der Waals surface area contributed by atoms with Crippen LogP contribution in [0.1, 0.15) is 67.2 Å². The van der Waals surface area contributed by atoms with Gasteiger partial charge in [-0.05, 0) is 52.4 Å². The van der Waals surface area contributed by atoms with Crippen molar-refractivity contribution in [2.45, 2.75) is 84.9 Å². The Balaban J connectivity index is 2.40. The Morgan fingerprint density at radius 2 is 1.76 bits per heavy atom. The van der Waals surface area contributed by atoms with Crippen molar-refractivity contribution in [3.63, 3.8) is 0 Å². The fourth-order valence-corrected chi connectivity index (χ4v) is 2.85. The lowest BCUT2D eigenvalue weighted by atomic mass is 9.98. The van der Waals surface area contributed by atoms with E-state index in [1.807, 2.05) is 20.8 Å². The van der Waals surface area contributed by atoms with Gasteiger partial charge in [-0.3, -0.25) is 0 Å². The van der Waals surface area contributed by atoms with Gasteiger partial charge in [0, 0.05) is 18.6 Å². The van der Waals surface area contributed by atoms with Crippen LogP contribution in [0.3, 0.4) is 0 Å². The largest absolute Gasteiger partial charge is 0.444 e. The topological polar surface area (TPSA) is 50.4 Å². The number of amides is 1. The summed E-state index contributed by atoms with van der Waals surface area (Å²) in [5, 5.41) is 6.60. The van der Waals surface area contributed by atoms with Gasteiger partial charge in [0.2, 0.25) is 0 Å². The highest BCUT2D eigenvalue weighted by Gasteiger charge is 2.24. The molecule has 124 valence electrons. The van der Waals surface area contributed by atoms with Crippen molar-refractivity contribution >= 4 is 6.09 Å². The van der Waals surface area contributed by atoms with Crippen molar-refractivity contribution in [2.24, 2.45) is 11.8 Å². The summed E-state index contributed by atoms with van der Waals surface area (Å²) in [5.74, 6) is 1.17. The molecule has 1 aliphatic carbocycles. The van der Waals surface area contributed by atoms with E-state index in [1.54, 1.807) is 0 Å². The van der Waals surface area contributed by atoms with Crippen molar-refractivity contribution in [2.75, 3.05) is 6.54 Å². The average molecular weight is 298 g/mol. The van der Waals surface area contributed by atoms with E-state index in [1.165, 1.54) is 25.7 Å². The maximum absolute atomic E-state index is 11.9. The number of rotatable bonds is 6. The molecule has 1 amide bonds. The highest BCUT2D eigenvalue weighted by Crippen LogP contribution is 2.27. The van der Waals surface area contributed by atoms with Gasteiger partial charge in [-0.1, -0.05) is 26.7 Å². The highest BCUT2D eigenvalue weighted by atomic mass is 16.6. The Bertz CT molecular complexity index is 317. The lowest BCUT2D eigenvalue weighted by Crippen LogP contribution is -2.49. The molecule has 21 heavy (non-hydrogen) atoms. The van der Waals surface area contributed by atoms with Gasteiger partial charge in [0.05, 0.1) is 0 Å². The van der Waals surface area contributed by atoms with E-state index in [-0.39, 0.29) is 12.1 Å². The van der Waals surface area contributed by atoms with E-state index < -0.39 is 5.60 Å². The third kappa shape index (κ3) is 7.16. The van der Waals surface area contributed by atoms with Gasteiger partial charge in [-0.25, -0.2) is 4.79 Å². The summed E-state index contributed by atoms with van der Waals surface area (Å²) in [5.41, 5.74) is -0.448. The van der Waals surface area contributed by atoms with E-state index in [2.05, 4.69) is 31.4 Å². The first-order valence-electron chi connectivity index (χ1n) is 8.42. The van der Waals surface area contributed by atoms with Gasteiger partial charge in [0.1, 0.15) is 5.60 Å². The summed E-state index contributed by atoms with van der Waals surface area (Å²) in [6.45, 7) is 13.0. The number of ether oxygens (including phenoxy) is 1. The molecule has 1 saturated carbocycles. The van der Waals surface area contributed by atoms with Gasteiger partial charge in [-0.15, -0.1) is 0 Å². The minimum atomic E-state index is -0.448. The molecule has 4 heteroatoms. The summed E-state index contributed by atoms with van der Waals surface area (Å²) in [6, 6.07) is 0.623. The van der Waals surface area contributed by atoms with Gasteiger partial charge >= 0.3 is 6.09 Å². The zero-order valence-corrected chi connectivity index (χ0v) is 14.7. The average Bonchev–Trinajstić information content (AvgIpc) is 2.85. The van der Waals surface area contributed by atoms with Crippen LogP contribution in [-0.4, -0.2) is 30.3 Å². The molecule has 0 aromatic heterocycles. The fourth-order valence-electron chi connectivity index (χ4n) is 2.85. The minimum absolute atomic E-state index is 0.101. The van der Waals surface area contributed by atoms with Gasteiger partial charge < -0.3 is 15.4 Å². The highest BCUT2D eigenvalue weighted by molar-refractivity contribution is 5.68. The summed E-state index contributed by atoms with van der Waals surface area (Å²) >= 11 is 0. The molecule has 2 N–H and O–H groups in total. The van der Waals surface area contributed by atoms with Crippen LogP contribution in [0.15, 0.2) is 0 Å². The molecular weight excluding hydrogens is 264 g/mol. The van der Waals surface area contributed by atoms with Crippen molar-refractivity contribution in [3.05, 3.63) is 0 Å². The molecule has 0 aromatic carbocycles. The number of carbonyl (C=O) groups is 1. The summed E-state index contributed by atoms with van der Waals surface area (Å²) in [4.78, 5) is 11.9. The van der Waals surface area contributed by atoms with Crippen LogP contribution in [0.2, 0.25) is 0 Å². The third-order valence-corrected chi connectivity index (χ3v) is 4.27. The maximum Gasteiger partial charge on any atom is 0.407 e. The molecule has 0 radical (unpaired) electrons. The quantitative estimate of drug-likeness (QED) is 0.786. The van der Waals surface area contributed by atoms with Crippen LogP contribution in [-0.2, 0) is 4.74 Å². The Morgan fingerprint density at radius 3 is 2.24 bits per heavy atom. The number of nitrogens with one attached hydrogen (secondary N) is 2. The van der Waals surface area contributed by atoms with Crippen molar-refractivity contribution < 1.29 is 9.53 Å². The second-order valence-corrected chi connectivity index (χ2v) is 7.74. The van der Waals surface area contributed by atoms with Crippen LogP contribution in [0.4, 0.5) is 4.79 Å². The number of alkyl carbamates (subject to hydrolysis) is 1. The molecule has 0 saturated heterocycles. The molecule has 0 heterocycles. The Labute approximate surface area is 130 Å². The maximum atomic E-state index is 11.9. The molecular formula is C17H34N2O2. The predicted octanol–water partition coefficient (Wildman–Crippen LogP) is 3.70. The SMILES string of the molecule is CC(C)C(CNC(C)C1CCCC1)NC(=O)OC(C)(C)C. The van der Waals surface area contributed by atoms with Gasteiger partial charge in [-0.2, -0.15) is 0 Å². The molecule has 0 aromatic rings. The van der Waals surface area contributed by atoms with E-state index in [0.717, 1.165) is 12.5 Å². The number of hydrogen-bond donors (Lipinski definition) is 2. The zero-order chi connectivity index (χ0) is 16.0. The minimum Gasteiger partial charge on any atom is -0.444 e. The normalized spacial score (nSPS) is 19.6. The lowest BCUT2D eigenvalue weighted by molar-refractivity contribution is 0.0488. The molecule has 4 nitrogen and oxygen atoms in total. The summed E-state index contributed by atoms with van der Waals surface area (Å²) in [7, 11) is 0. The van der Waals surface area contributed by atoms with E-state index in [4.69, 9.17) is 4.74 Å². The summed E-state index contributed by atoms with van der Waals surface area (Å²) < 4.78 is 5.35. The number of carbonyl (C=O) groups excluding carboxylic acids is 1. The van der Waals surface area contributed by atoms with Crippen molar-refractivity contribution in [1.29, 1.82) is 0 Å². The third-order valence-electron chi connectivity index (χ3n) is 4.27. The first-order chi connectivity index (χ1) is 9.69. The molecule has 2 atom stereocenters. The first kappa shape index (κ1) is 18.3. The Kier molecular flexibility index (Phi) is 6.98. The van der Waals surface area contributed by atoms with Crippen molar-refractivity contribution in [3.8, 4) is 0 Å². The molecule has 1 fully saturated rings. The van der Waals surface area contributed by atoms with Crippen LogP contribution < -0.4 is 10.6 Å². The lowest BCUT2D eigenvalue weighted by Gasteiger charge is -2.28. The summed E-state index contributed by atoms with van der Waals surface area (Å²) in [6.07, 6.45) is 5.07. The Morgan fingerprint density at radius 1 is 1.19 bits per heavy atom. The first-order valence-corrected chi connectivity index (χ1v) is 8.42. The van der Waals surface area contributed by atoms with Crippen LogP contribution in [0, 0.1) is 11.8 Å². The predicted molar refractivity (Wildman–Crippen MR) is 87.4 cm³/mol. The fraction of sp³-hybridized carbons (Fsp3) is 0.941.